The molecular weight excluding hydrogens is 253 g/mol. The third-order valence-corrected chi connectivity index (χ3v) is 4.35. The van der Waals surface area contributed by atoms with Crippen LogP contribution in [0.25, 0.3) is 0 Å². The molecule has 1 unspecified atom stereocenters. The lowest BCUT2D eigenvalue weighted by Gasteiger charge is -2.16. The first-order valence-corrected chi connectivity index (χ1v) is 7.59. The van der Waals surface area contributed by atoms with Crippen molar-refractivity contribution in [3.8, 4) is 5.75 Å². The number of rotatable bonds is 7. The maximum absolute atomic E-state index is 12.2. The summed E-state index contributed by atoms with van der Waals surface area (Å²) in [5, 5.41) is 0. The Labute approximate surface area is 108 Å². The predicted molar refractivity (Wildman–Crippen MR) is 70.6 cm³/mol. The van der Waals surface area contributed by atoms with Crippen LogP contribution >= 0.6 is 7.60 Å². The topological polar surface area (TPSA) is 70.8 Å². The van der Waals surface area contributed by atoms with Crippen LogP contribution in [-0.4, -0.2) is 13.7 Å². The molecular formula is C12H20NO4P. The van der Waals surface area contributed by atoms with Gasteiger partial charge in [-0.2, -0.15) is 0 Å². The molecule has 0 spiro atoms. The monoisotopic (exact) mass is 273 g/mol. The molecule has 6 heteroatoms. The van der Waals surface area contributed by atoms with Crippen LogP contribution in [0.1, 0.15) is 25.0 Å². The molecule has 1 aromatic rings. The van der Waals surface area contributed by atoms with Crippen LogP contribution in [0.2, 0.25) is 0 Å². The SMILES string of the molecule is CCOP(=O)(Cc1ccc(OC)cc1CC)ON. The van der Waals surface area contributed by atoms with Crippen molar-refractivity contribution in [2.75, 3.05) is 13.7 Å². The van der Waals surface area contributed by atoms with Crippen molar-refractivity contribution < 1.29 is 18.5 Å². The molecule has 0 aromatic heterocycles. The van der Waals surface area contributed by atoms with Crippen molar-refractivity contribution in [2.45, 2.75) is 26.4 Å². The van der Waals surface area contributed by atoms with Crippen LogP contribution in [0.15, 0.2) is 18.2 Å². The van der Waals surface area contributed by atoms with Crippen molar-refractivity contribution >= 4 is 7.60 Å². The molecule has 0 saturated heterocycles. The molecule has 0 aliphatic heterocycles. The van der Waals surface area contributed by atoms with Gasteiger partial charge >= 0.3 is 7.60 Å². The van der Waals surface area contributed by atoms with Crippen molar-refractivity contribution in [1.29, 1.82) is 0 Å². The minimum absolute atomic E-state index is 0.171. The Kier molecular flexibility index (Phi) is 5.82. The fourth-order valence-corrected chi connectivity index (χ4v) is 3.08. The molecule has 0 fully saturated rings. The van der Waals surface area contributed by atoms with Crippen LogP contribution in [0, 0.1) is 0 Å². The van der Waals surface area contributed by atoms with E-state index in [1.165, 1.54) is 0 Å². The van der Waals surface area contributed by atoms with E-state index >= 15 is 0 Å². The number of nitrogens with two attached hydrogens (primary N) is 1. The summed E-state index contributed by atoms with van der Waals surface area (Å²) in [5.74, 6) is 5.85. The second kappa shape index (κ2) is 6.90. The number of aryl methyl sites for hydroxylation is 1. The summed E-state index contributed by atoms with van der Waals surface area (Å²) in [5.41, 5.74) is 1.95. The Morgan fingerprint density at radius 3 is 2.50 bits per heavy atom. The van der Waals surface area contributed by atoms with Gasteiger partial charge in [-0.25, -0.2) is 10.5 Å². The van der Waals surface area contributed by atoms with Crippen LogP contribution in [0.3, 0.4) is 0 Å². The molecule has 0 aliphatic carbocycles. The van der Waals surface area contributed by atoms with Crippen molar-refractivity contribution in [3.63, 3.8) is 0 Å². The summed E-state index contributed by atoms with van der Waals surface area (Å²) in [4.78, 5) is 0. The summed E-state index contributed by atoms with van der Waals surface area (Å²) >= 11 is 0. The highest BCUT2D eigenvalue weighted by atomic mass is 31.2. The molecule has 1 rings (SSSR count). The van der Waals surface area contributed by atoms with Crippen LogP contribution in [-0.2, 0) is 26.3 Å². The fraction of sp³-hybridized carbons (Fsp3) is 0.500. The molecule has 1 aromatic carbocycles. The van der Waals surface area contributed by atoms with Gasteiger partial charge < -0.3 is 9.26 Å². The minimum Gasteiger partial charge on any atom is -0.497 e. The van der Waals surface area contributed by atoms with E-state index in [0.29, 0.717) is 6.61 Å². The Hall–Kier alpha value is -0.870. The Balaban J connectivity index is 2.99. The zero-order valence-electron chi connectivity index (χ0n) is 11.0. The second-order valence-corrected chi connectivity index (χ2v) is 5.79. The average molecular weight is 273 g/mol. The van der Waals surface area contributed by atoms with E-state index in [9.17, 15) is 4.57 Å². The quantitative estimate of drug-likeness (QED) is 0.611. The molecule has 2 N–H and O–H groups in total. The number of ether oxygens (including phenoxy) is 1. The molecule has 18 heavy (non-hydrogen) atoms. The van der Waals surface area contributed by atoms with Gasteiger partial charge in [0.05, 0.1) is 19.9 Å². The van der Waals surface area contributed by atoms with E-state index in [-0.39, 0.29) is 6.16 Å². The summed E-state index contributed by atoms with van der Waals surface area (Å²) in [7, 11) is -1.64. The highest BCUT2D eigenvalue weighted by Gasteiger charge is 2.25. The van der Waals surface area contributed by atoms with E-state index in [1.807, 2.05) is 25.1 Å². The lowest BCUT2D eigenvalue weighted by atomic mass is 10.1. The predicted octanol–water partition coefficient (Wildman–Crippen LogP) is 2.88. The highest BCUT2D eigenvalue weighted by Crippen LogP contribution is 2.50. The van der Waals surface area contributed by atoms with E-state index < -0.39 is 7.60 Å². The lowest BCUT2D eigenvalue weighted by Crippen LogP contribution is -2.05. The van der Waals surface area contributed by atoms with Gasteiger partial charge in [0.25, 0.3) is 0 Å². The fourth-order valence-electron chi connectivity index (χ4n) is 1.73. The molecule has 102 valence electrons. The summed E-state index contributed by atoms with van der Waals surface area (Å²) in [6.45, 7) is 4.07. The maximum atomic E-state index is 12.2. The Bertz CT molecular complexity index is 436. The largest absolute Gasteiger partial charge is 0.497 e. The smallest absolute Gasteiger partial charge is 0.351 e. The summed E-state index contributed by atoms with van der Waals surface area (Å²) in [6.07, 6.45) is 0.980. The third-order valence-electron chi connectivity index (χ3n) is 2.64. The first-order valence-electron chi connectivity index (χ1n) is 5.86. The van der Waals surface area contributed by atoms with Crippen molar-refractivity contribution in [3.05, 3.63) is 29.3 Å². The first kappa shape index (κ1) is 15.2. The molecule has 0 aliphatic rings. The minimum atomic E-state index is -3.25. The van der Waals surface area contributed by atoms with E-state index in [4.69, 9.17) is 15.2 Å². The Morgan fingerprint density at radius 2 is 2.00 bits per heavy atom. The van der Waals surface area contributed by atoms with Gasteiger partial charge in [0.2, 0.25) is 0 Å². The van der Waals surface area contributed by atoms with Crippen LogP contribution in [0.5, 0.6) is 5.75 Å². The highest BCUT2D eigenvalue weighted by molar-refractivity contribution is 7.52. The van der Waals surface area contributed by atoms with Gasteiger partial charge in [-0.1, -0.05) is 13.0 Å². The Morgan fingerprint density at radius 1 is 1.28 bits per heavy atom. The van der Waals surface area contributed by atoms with Crippen molar-refractivity contribution in [2.24, 2.45) is 5.90 Å². The zero-order valence-corrected chi connectivity index (χ0v) is 11.9. The number of methoxy groups -OCH3 is 1. The standard InChI is InChI=1S/C12H20NO4P/c1-4-10-8-12(15-3)7-6-11(10)9-18(14,17-13)16-5-2/h6-8H,4-5,9,13H2,1-3H3. The van der Waals surface area contributed by atoms with Crippen LogP contribution in [0.4, 0.5) is 0 Å². The van der Waals surface area contributed by atoms with Gasteiger partial charge in [-0.3, -0.25) is 4.57 Å². The lowest BCUT2D eigenvalue weighted by molar-refractivity contribution is 0.214. The summed E-state index contributed by atoms with van der Waals surface area (Å²) in [6, 6.07) is 5.60. The van der Waals surface area contributed by atoms with Gasteiger partial charge in [0.15, 0.2) is 0 Å². The molecule has 0 amide bonds. The zero-order chi connectivity index (χ0) is 13.6. The molecule has 5 nitrogen and oxygen atoms in total. The summed E-state index contributed by atoms with van der Waals surface area (Å²) < 4.78 is 27.0. The number of benzene rings is 1. The van der Waals surface area contributed by atoms with Gasteiger partial charge in [-0.05, 0) is 36.6 Å². The molecule has 0 radical (unpaired) electrons. The normalized spacial score (nSPS) is 14.2. The number of hydrogen-bond donors (Lipinski definition) is 1. The van der Waals surface area contributed by atoms with Gasteiger partial charge in [-0.15, -0.1) is 0 Å². The van der Waals surface area contributed by atoms with E-state index in [2.05, 4.69) is 4.62 Å². The molecule has 0 saturated carbocycles. The maximum Gasteiger partial charge on any atom is 0.351 e. The van der Waals surface area contributed by atoms with Crippen molar-refractivity contribution in [1.82, 2.24) is 0 Å². The van der Waals surface area contributed by atoms with Gasteiger partial charge in [0, 0.05) is 0 Å². The van der Waals surface area contributed by atoms with Gasteiger partial charge in [0.1, 0.15) is 5.75 Å². The molecule has 0 heterocycles. The first-order chi connectivity index (χ1) is 8.58. The second-order valence-electron chi connectivity index (χ2n) is 3.78. The van der Waals surface area contributed by atoms with E-state index in [0.717, 1.165) is 23.3 Å². The average Bonchev–Trinajstić information content (AvgIpc) is 2.39. The number of hydrogen-bond acceptors (Lipinski definition) is 5. The molecule has 1 atom stereocenters. The van der Waals surface area contributed by atoms with Crippen LogP contribution < -0.4 is 10.6 Å². The third kappa shape index (κ3) is 3.82. The van der Waals surface area contributed by atoms with E-state index in [1.54, 1.807) is 14.0 Å². The molecule has 0 bridgehead atoms.